The number of rotatable bonds is 5. The Kier molecular flexibility index (Phi) is 5.31. The smallest absolute Gasteiger partial charge is 0.318 e. The van der Waals surface area contributed by atoms with Crippen molar-refractivity contribution < 1.29 is 4.42 Å². The first-order chi connectivity index (χ1) is 10.7. The predicted molar refractivity (Wildman–Crippen MR) is 87.2 cm³/mol. The zero-order valence-corrected chi connectivity index (χ0v) is 14.0. The topological polar surface area (TPSA) is 48.6 Å². The van der Waals surface area contributed by atoms with E-state index in [4.69, 9.17) is 4.42 Å². The van der Waals surface area contributed by atoms with E-state index in [2.05, 4.69) is 38.9 Å². The van der Waals surface area contributed by atoms with Crippen molar-refractivity contribution in [2.45, 2.75) is 32.6 Å². The molecule has 3 heterocycles. The zero-order valence-electron chi connectivity index (χ0n) is 14.0. The summed E-state index contributed by atoms with van der Waals surface area (Å²) in [7, 11) is 2.24. The Hall–Kier alpha value is -1.14. The van der Waals surface area contributed by atoms with Gasteiger partial charge in [-0.2, -0.15) is 0 Å². The molecule has 0 aliphatic carbocycles. The molecule has 0 amide bonds. The Morgan fingerprint density at radius 2 is 1.95 bits per heavy atom. The lowest BCUT2D eigenvalue weighted by molar-refractivity contribution is 0.146. The first-order valence-electron chi connectivity index (χ1n) is 8.73. The van der Waals surface area contributed by atoms with Crippen LogP contribution in [0.2, 0.25) is 0 Å². The molecule has 2 aliphatic heterocycles. The maximum absolute atomic E-state index is 5.74. The predicted octanol–water partition coefficient (Wildman–Crippen LogP) is 1.49. The van der Waals surface area contributed by atoms with E-state index in [-0.39, 0.29) is 0 Å². The molecule has 0 unspecified atom stereocenters. The third-order valence-corrected chi connectivity index (χ3v) is 4.80. The van der Waals surface area contributed by atoms with Crippen molar-refractivity contribution >= 4 is 6.01 Å². The van der Waals surface area contributed by atoms with Crippen molar-refractivity contribution in [3.05, 3.63) is 5.89 Å². The normalized spacial score (nSPS) is 24.8. The van der Waals surface area contributed by atoms with Crippen LogP contribution in [0, 0.1) is 5.92 Å². The molecule has 0 aromatic carbocycles. The third kappa shape index (κ3) is 3.98. The van der Waals surface area contributed by atoms with Crippen molar-refractivity contribution in [3.8, 4) is 0 Å². The number of piperazine rings is 1. The highest BCUT2D eigenvalue weighted by Crippen LogP contribution is 2.19. The van der Waals surface area contributed by atoms with E-state index in [1.54, 1.807) is 0 Å². The maximum atomic E-state index is 5.74. The van der Waals surface area contributed by atoms with Gasteiger partial charge in [-0.25, -0.2) is 0 Å². The fraction of sp³-hybridized carbons (Fsp3) is 0.875. The Bertz CT molecular complexity index is 455. The number of aryl methyl sites for hydroxylation is 1. The summed E-state index contributed by atoms with van der Waals surface area (Å²) in [6, 6.07) is 0.709. The van der Waals surface area contributed by atoms with Gasteiger partial charge in [0.15, 0.2) is 0 Å². The lowest BCUT2D eigenvalue weighted by atomic mass is 9.97. The quantitative estimate of drug-likeness (QED) is 0.821. The van der Waals surface area contributed by atoms with Crippen molar-refractivity contribution in [2.24, 2.45) is 5.92 Å². The molecule has 0 spiro atoms. The maximum Gasteiger partial charge on any atom is 0.318 e. The molecule has 0 bridgehead atoms. The van der Waals surface area contributed by atoms with Crippen LogP contribution >= 0.6 is 0 Å². The highest BCUT2D eigenvalue weighted by Gasteiger charge is 2.25. The zero-order chi connectivity index (χ0) is 15.4. The molecule has 6 nitrogen and oxygen atoms in total. The third-order valence-electron chi connectivity index (χ3n) is 4.80. The number of hydrogen-bond donors (Lipinski definition) is 0. The van der Waals surface area contributed by atoms with Gasteiger partial charge in [-0.05, 0) is 38.8 Å². The minimum atomic E-state index is 0.709. The van der Waals surface area contributed by atoms with E-state index in [9.17, 15) is 0 Å². The van der Waals surface area contributed by atoms with Gasteiger partial charge in [-0.3, -0.25) is 4.90 Å². The number of piperidine rings is 1. The molecule has 2 aliphatic rings. The monoisotopic (exact) mass is 307 g/mol. The van der Waals surface area contributed by atoms with Gasteiger partial charge in [0, 0.05) is 45.7 Å². The SMILES string of the molecule is CCCc1nnc(N2CCN(C[C@H]3CCCN(C)C3)CC2)o1. The van der Waals surface area contributed by atoms with E-state index in [1.807, 2.05) is 0 Å². The highest BCUT2D eigenvalue weighted by molar-refractivity contribution is 5.25. The summed E-state index contributed by atoms with van der Waals surface area (Å²) in [5.74, 6) is 1.61. The van der Waals surface area contributed by atoms with E-state index < -0.39 is 0 Å². The molecule has 1 aromatic rings. The molecule has 2 saturated heterocycles. The van der Waals surface area contributed by atoms with Crippen LogP contribution in [0.1, 0.15) is 32.1 Å². The summed E-state index contributed by atoms with van der Waals surface area (Å²) in [5, 5.41) is 8.32. The average molecular weight is 307 g/mol. The van der Waals surface area contributed by atoms with E-state index in [0.29, 0.717) is 6.01 Å². The second-order valence-electron chi connectivity index (χ2n) is 6.79. The van der Waals surface area contributed by atoms with Crippen molar-refractivity contribution in [1.82, 2.24) is 20.0 Å². The Morgan fingerprint density at radius 3 is 2.68 bits per heavy atom. The van der Waals surface area contributed by atoms with Gasteiger partial charge in [-0.15, -0.1) is 5.10 Å². The first kappa shape index (κ1) is 15.7. The van der Waals surface area contributed by atoms with Crippen molar-refractivity contribution in [3.63, 3.8) is 0 Å². The second-order valence-corrected chi connectivity index (χ2v) is 6.79. The number of nitrogens with zero attached hydrogens (tertiary/aromatic N) is 5. The van der Waals surface area contributed by atoms with Crippen LogP contribution < -0.4 is 4.90 Å². The Balaban J connectivity index is 1.45. The summed E-state index contributed by atoms with van der Waals surface area (Å²) in [5.41, 5.74) is 0. The highest BCUT2D eigenvalue weighted by atomic mass is 16.4. The molecule has 0 radical (unpaired) electrons. The Morgan fingerprint density at radius 1 is 1.14 bits per heavy atom. The van der Waals surface area contributed by atoms with Gasteiger partial charge in [0.2, 0.25) is 5.89 Å². The van der Waals surface area contributed by atoms with Crippen LogP contribution in [0.4, 0.5) is 6.01 Å². The minimum absolute atomic E-state index is 0.709. The largest absolute Gasteiger partial charge is 0.408 e. The van der Waals surface area contributed by atoms with E-state index >= 15 is 0 Å². The molecule has 124 valence electrons. The van der Waals surface area contributed by atoms with Crippen LogP contribution in [0.15, 0.2) is 4.42 Å². The molecule has 2 fully saturated rings. The van der Waals surface area contributed by atoms with Crippen molar-refractivity contribution in [1.29, 1.82) is 0 Å². The average Bonchev–Trinajstić information content (AvgIpc) is 2.97. The van der Waals surface area contributed by atoms with Crippen LogP contribution in [-0.2, 0) is 6.42 Å². The standard InChI is InChI=1S/C16H29N5O/c1-3-5-15-17-18-16(22-15)21-10-8-20(9-11-21)13-14-6-4-7-19(2)12-14/h14H,3-13H2,1-2H3/t14-/m0/s1. The summed E-state index contributed by atoms with van der Waals surface area (Å²) >= 11 is 0. The van der Waals surface area contributed by atoms with Gasteiger partial charge in [0.25, 0.3) is 0 Å². The second kappa shape index (κ2) is 7.42. The molecule has 22 heavy (non-hydrogen) atoms. The summed E-state index contributed by atoms with van der Waals surface area (Å²) in [6.45, 7) is 10.1. The van der Waals surface area contributed by atoms with Crippen molar-refractivity contribution in [2.75, 3.05) is 57.8 Å². The minimum Gasteiger partial charge on any atom is -0.408 e. The molecular weight excluding hydrogens is 278 g/mol. The van der Waals surface area contributed by atoms with Gasteiger partial charge in [0.1, 0.15) is 0 Å². The molecule has 1 atom stereocenters. The number of aromatic nitrogens is 2. The van der Waals surface area contributed by atoms with E-state index in [0.717, 1.165) is 50.8 Å². The summed E-state index contributed by atoms with van der Waals surface area (Å²) in [4.78, 5) is 7.30. The Labute approximate surface area is 133 Å². The van der Waals surface area contributed by atoms with Gasteiger partial charge < -0.3 is 14.2 Å². The van der Waals surface area contributed by atoms with Gasteiger partial charge >= 0.3 is 6.01 Å². The van der Waals surface area contributed by atoms with Gasteiger partial charge in [-0.1, -0.05) is 12.0 Å². The molecular formula is C16H29N5O. The van der Waals surface area contributed by atoms with E-state index in [1.165, 1.54) is 32.5 Å². The number of likely N-dealkylation sites (tertiary alicyclic amines) is 1. The lowest BCUT2D eigenvalue weighted by Crippen LogP contribution is -2.49. The van der Waals surface area contributed by atoms with Crippen LogP contribution in [-0.4, -0.2) is 72.9 Å². The molecule has 1 aromatic heterocycles. The van der Waals surface area contributed by atoms with Crippen LogP contribution in [0.3, 0.4) is 0 Å². The fourth-order valence-electron chi connectivity index (χ4n) is 3.60. The molecule has 0 N–H and O–H groups in total. The van der Waals surface area contributed by atoms with Gasteiger partial charge in [0.05, 0.1) is 0 Å². The lowest BCUT2D eigenvalue weighted by Gasteiger charge is -2.38. The molecule has 0 saturated carbocycles. The van der Waals surface area contributed by atoms with Crippen LogP contribution in [0.5, 0.6) is 0 Å². The molecule has 6 heteroatoms. The fourth-order valence-corrected chi connectivity index (χ4v) is 3.60. The number of anilines is 1. The number of hydrogen-bond acceptors (Lipinski definition) is 6. The summed E-state index contributed by atoms with van der Waals surface area (Å²) in [6.07, 6.45) is 4.66. The molecule has 3 rings (SSSR count). The van der Waals surface area contributed by atoms with Crippen LogP contribution in [0.25, 0.3) is 0 Å². The first-order valence-corrected chi connectivity index (χ1v) is 8.73. The summed E-state index contributed by atoms with van der Waals surface area (Å²) < 4.78 is 5.74.